The maximum Gasteiger partial charge on any atom is 0.230 e. The standard InChI is InChI=1S/C11H11NO2/c1-7-4-3-5-9-10(13)6-8(2)12(14)11(7)9/h3-6,13H,1-2H3. The third-order valence-electron chi connectivity index (χ3n) is 2.38. The van der Waals surface area contributed by atoms with Crippen molar-refractivity contribution >= 4 is 10.9 Å². The summed E-state index contributed by atoms with van der Waals surface area (Å²) in [4.78, 5) is 0. The van der Waals surface area contributed by atoms with Crippen LogP contribution in [0.1, 0.15) is 11.3 Å². The van der Waals surface area contributed by atoms with E-state index in [1.54, 1.807) is 13.0 Å². The lowest BCUT2D eigenvalue weighted by Gasteiger charge is -2.07. The molecule has 0 unspecified atom stereocenters. The van der Waals surface area contributed by atoms with Gasteiger partial charge in [0.2, 0.25) is 5.52 Å². The third kappa shape index (κ3) is 1.09. The highest BCUT2D eigenvalue weighted by Crippen LogP contribution is 2.24. The first-order valence-electron chi connectivity index (χ1n) is 4.42. The molecule has 14 heavy (non-hydrogen) atoms. The fourth-order valence-electron chi connectivity index (χ4n) is 1.65. The largest absolute Gasteiger partial charge is 0.618 e. The van der Waals surface area contributed by atoms with Crippen LogP contribution in [-0.4, -0.2) is 5.11 Å². The number of aromatic nitrogens is 1. The molecule has 0 saturated heterocycles. The first-order chi connectivity index (χ1) is 6.61. The lowest BCUT2D eigenvalue weighted by molar-refractivity contribution is -0.584. The number of fused-ring (bicyclic) bond motifs is 1. The van der Waals surface area contributed by atoms with E-state index in [1.807, 2.05) is 19.1 Å². The summed E-state index contributed by atoms with van der Waals surface area (Å²) < 4.78 is 0.852. The fraction of sp³-hybridized carbons (Fsp3) is 0.182. The summed E-state index contributed by atoms with van der Waals surface area (Å²) in [6.07, 6.45) is 0. The normalized spacial score (nSPS) is 10.7. The number of aromatic hydroxyl groups is 1. The summed E-state index contributed by atoms with van der Waals surface area (Å²) in [5.74, 6) is 0.160. The molecule has 0 aliphatic carbocycles. The van der Waals surface area contributed by atoms with Crippen LogP contribution in [0, 0.1) is 19.1 Å². The topological polar surface area (TPSA) is 47.2 Å². The Morgan fingerprint density at radius 1 is 1.29 bits per heavy atom. The van der Waals surface area contributed by atoms with Crippen molar-refractivity contribution in [2.45, 2.75) is 13.8 Å². The highest BCUT2D eigenvalue weighted by atomic mass is 16.5. The number of rotatable bonds is 0. The van der Waals surface area contributed by atoms with Crippen molar-refractivity contribution in [1.82, 2.24) is 0 Å². The number of hydrogen-bond acceptors (Lipinski definition) is 2. The van der Waals surface area contributed by atoms with Gasteiger partial charge in [0.15, 0.2) is 5.69 Å². The van der Waals surface area contributed by atoms with Crippen molar-refractivity contribution in [3.8, 4) is 5.75 Å². The Hall–Kier alpha value is -1.77. The molecule has 72 valence electrons. The van der Waals surface area contributed by atoms with Gasteiger partial charge in [-0.15, -0.1) is 0 Å². The summed E-state index contributed by atoms with van der Waals surface area (Å²) in [7, 11) is 0. The summed E-state index contributed by atoms with van der Waals surface area (Å²) in [5.41, 5.74) is 1.92. The molecule has 0 atom stereocenters. The monoisotopic (exact) mass is 189 g/mol. The van der Waals surface area contributed by atoms with Gasteiger partial charge in [-0.2, -0.15) is 4.73 Å². The minimum Gasteiger partial charge on any atom is -0.618 e. The van der Waals surface area contributed by atoms with E-state index in [1.165, 1.54) is 6.07 Å². The van der Waals surface area contributed by atoms with Crippen molar-refractivity contribution in [3.05, 3.63) is 40.7 Å². The van der Waals surface area contributed by atoms with E-state index in [-0.39, 0.29) is 5.75 Å². The van der Waals surface area contributed by atoms with Gasteiger partial charge in [0.05, 0.1) is 5.39 Å². The summed E-state index contributed by atoms with van der Waals surface area (Å²) in [5, 5.41) is 22.0. The predicted octanol–water partition coefficient (Wildman–Crippen LogP) is 1.80. The van der Waals surface area contributed by atoms with Crippen LogP contribution < -0.4 is 4.73 Å². The third-order valence-corrected chi connectivity index (χ3v) is 2.38. The van der Waals surface area contributed by atoms with Crippen LogP contribution in [0.3, 0.4) is 0 Å². The molecule has 0 spiro atoms. The Morgan fingerprint density at radius 3 is 2.71 bits per heavy atom. The zero-order chi connectivity index (χ0) is 10.3. The lowest BCUT2D eigenvalue weighted by atomic mass is 10.1. The quantitative estimate of drug-likeness (QED) is 0.507. The Morgan fingerprint density at radius 2 is 2.00 bits per heavy atom. The maximum atomic E-state index is 11.7. The molecule has 0 aliphatic rings. The molecule has 0 saturated carbocycles. The Kier molecular flexibility index (Phi) is 1.81. The average Bonchev–Trinajstić information content (AvgIpc) is 2.14. The van der Waals surface area contributed by atoms with Crippen molar-refractivity contribution in [2.24, 2.45) is 0 Å². The van der Waals surface area contributed by atoms with Crippen LogP contribution in [0.15, 0.2) is 24.3 Å². The Bertz CT molecular complexity index is 506. The van der Waals surface area contributed by atoms with Gasteiger partial charge in [0.25, 0.3) is 0 Å². The molecule has 0 bridgehead atoms. The van der Waals surface area contributed by atoms with Gasteiger partial charge in [0, 0.05) is 18.6 Å². The van der Waals surface area contributed by atoms with E-state index < -0.39 is 0 Å². The zero-order valence-electron chi connectivity index (χ0n) is 8.11. The Labute approximate surface area is 81.8 Å². The van der Waals surface area contributed by atoms with Gasteiger partial charge < -0.3 is 10.3 Å². The number of nitrogens with zero attached hydrogens (tertiary/aromatic N) is 1. The molecular weight excluding hydrogens is 178 g/mol. The number of pyridine rings is 1. The molecule has 2 aromatic rings. The van der Waals surface area contributed by atoms with Crippen molar-refractivity contribution in [3.63, 3.8) is 0 Å². The second-order valence-electron chi connectivity index (χ2n) is 3.44. The molecule has 0 amide bonds. The van der Waals surface area contributed by atoms with Crippen LogP contribution in [0.4, 0.5) is 0 Å². The van der Waals surface area contributed by atoms with E-state index in [4.69, 9.17) is 0 Å². The molecule has 2 rings (SSSR count). The molecular formula is C11H11NO2. The highest BCUT2D eigenvalue weighted by Gasteiger charge is 2.13. The molecule has 0 aliphatic heterocycles. The molecule has 3 heteroatoms. The first-order valence-corrected chi connectivity index (χ1v) is 4.42. The fourth-order valence-corrected chi connectivity index (χ4v) is 1.65. The molecule has 0 fully saturated rings. The van der Waals surface area contributed by atoms with E-state index >= 15 is 0 Å². The minimum atomic E-state index is 0.160. The van der Waals surface area contributed by atoms with E-state index in [0.717, 1.165) is 10.3 Å². The van der Waals surface area contributed by atoms with Crippen molar-refractivity contribution in [1.29, 1.82) is 0 Å². The van der Waals surface area contributed by atoms with E-state index in [2.05, 4.69) is 0 Å². The van der Waals surface area contributed by atoms with Gasteiger partial charge in [-0.3, -0.25) is 0 Å². The van der Waals surface area contributed by atoms with Crippen LogP contribution >= 0.6 is 0 Å². The number of hydrogen-bond donors (Lipinski definition) is 1. The molecule has 0 radical (unpaired) electrons. The van der Waals surface area contributed by atoms with Crippen LogP contribution in [0.25, 0.3) is 10.9 Å². The van der Waals surface area contributed by atoms with Gasteiger partial charge in [-0.25, -0.2) is 0 Å². The smallest absolute Gasteiger partial charge is 0.230 e. The minimum absolute atomic E-state index is 0.160. The zero-order valence-corrected chi connectivity index (χ0v) is 8.11. The van der Waals surface area contributed by atoms with Crippen molar-refractivity contribution < 1.29 is 9.84 Å². The number of aryl methyl sites for hydroxylation is 2. The molecule has 1 aromatic heterocycles. The number of para-hydroxylation sites is 1. The second-order valence-corrected chi connectivity index (χ2v) is 3.44. The van der Waals surface area contributed by atoms with Gasteiger partial charge >= 0.3 is 0 Å². The van der Waals surface area contributed by atoms with Gasteiger partial charge in [0.1, 0.15) is 5.75 Å². The van der Waals surface area contributed by atoms with Crippen LogP contribution in [0.5, 0.6) is 5.75 Å². The number of benzene rings is 1. The SMILES string of the molecule is Cc1cccc2c(O)cc(C)[n+]([O-])c12. The Balaban J connectivity index is 3.03. The van der Waals surface area contributed by atoms with Crippen LogP contribution in [0.2, 0.25) is 0 Å². The molecule has 1 aromatic carbocycles. The summed E-state index contributed by atoms with van der Waals surface area (Å²) in [6, 6.07) is 6.91. The lowest BCUT2D eigenvalue weighted by Crippen LogP contribution is -2.31. The molecule has 1 N–H and O–H groups in total. The first kappa shape index (κ1) is 8.81. The van der Waals surface area contributed by atoms with Gasteiger partial charge in [-0.1, -0.05) is 12.1 Å². The summed E-state index contributed by atoms with van der Waals surface area (Å²) >= 11 is 0. The van der Waals surface area contributed by atoms with Crippen molar-refractivity contribution in [2.75, 3.05) is 0 Å². The highest BCUT2D eigenvalue weighted by molar-refractivity contribution is 5.84. The van der Waals surface area contributed by atoms with E-state index in [9.17, 15) is 10.3 Å². The van der Waals surface area contributed by atoms with E-state index in [0.29, 0.717) is 16.6 Å². The second kappa shape index (κ2) is 2.87. The molecule has 1 heterocycles. The van der Waals surface area contributed by atoms with Crippen LogP contribution in [-0.2, 0) is 0 Å². The predicted molar refractivity (Wildman–Crippen MR) is 54.0 cm³/mol. The molecule has 3 nitrogen and oxygen atoms in total. The maximum absolute atomic E-state index is 11.7. The average molecular weight is 189 g/mol. The summed E-state index contributed by atoms with van der Waals surface area (Å²) in [6.45, 7) is 3.54. The van der Waals surface area contributed by atoms with Gasteiger partial charge in [-0.05, 0) is 13.0 Å².